The fraction of sp³-hybridized carbons (Fsp3) is 0.250. The van der Waals surface area contributed by atoms with Crippen LogP contribution in [-0.2, 0) is 13.5 Å². The second-order valence-electron chi connectivity index (χ2n) is 5.85. The van der Waals surface area contributed by atoms with E-state index < -0.39 is 0 Å². The Bertz CT molecular complexity index is 880. The van der Waals surface area contributed by atoms with Crippen molar-refractivity contribution in [3.05, 3.63) is 65.4 Å². The van der Waals surface area contributed by atoms with Crippen LogP contribution in [0, 0.1) is 6.92 Å². The van der Waals surface area contributed by atoms with E-state index in [1.165, 1.54) is 0 Å². The average Bonchev–Trinajstić information content (AvgIpc) is 2.87. The molecule has 0 saturated heterocycles. The molecule has 24 heavy (non-hydrogen) atoms. The van der Waals surface area contributed by atoms with Crippen LogP contribution in [0.15, 0.2) is 48.5 Å². The summed E-state index contributed by atoms with van der Waals surface area (Å²) in [5.74, 6) is 0.826. The zero-order chi connectivity index (χ0) is 17.1. The zero-order valence-corrected chi connectivity index (χ0v) is 14.3. The van der Waals surface area contributed by atoms with Gasteiger partial charge in [0.2, 0.25) is 0 Å². The van der Waals surface area contributed by atoms with Crippen molar-refractivity contribution in [2.75, 3.05) is 13.7 Å². The highest BCUT2D eigenvalue weighted by atomic mass is 16.5. The summed E-state index contributed by atoms with van der Waals surface area (Å²) in [6.45, 7) is 2.55. The lowest BCUT2D eigenvalue weighted by atomic mass is 10.1. The summed E-state index contributed by atoms with van der Waals surface area (Å²) in [4.78, 5) is 12.7. The number of amides is 1. The van der Waals surface area contributed by atoms with Gasteiger partial charge in [-0.1, -0.05) is 36.4 Å². The standard InChI is InChI=1S/C20H22N2O2/c1-14-19(16-9-5-6-10-17(16)22(14)2)20(23)21-13-12-15-8-4-7-11-18(15)24-3/h4-11H,12-13H2,1-3H3,(H,21,23). The maximum absolute atomic E-state index is 12.7. The summed E-state index contributed by atoms with van der Waals surface area (Å²) in [7, 11) is 3.65. The average molecular weight is 322 g/mol. The van der Waals surface area contributed by atoms with Crippen molar-refractivity contribution >= 4 is 16.8 Å². The van der Waals surface area contributed by atoms with E-state index in [2.05, 4.69) is 9.88 Å². The number of aromatic nitrogens is 1. The molecule has 1 aromatic heterocycles. The molecule has 0 unspecified atom stereocenters. The first kappa shape index (κ1) is 16.1. The SMILES string of the molecule is COc1ccccc1CCNC(=O)c1c(C)n(C)c2ccccc12. The molecule has 0 saturated carbocycles. The van der Waals surface area contributed by atoms with E-state index >= 15 is 0 Å². The minimum absolute atomic E-state index is 0.0285. The molecule has 0 spiro atoms. The van der Waals surface area contributed by atoms with Gasteiger partial charge in [0.05, 0.1) is 12.7 Å². The molecule has 4 heteroatoms. The van der Waals surface area contributed by atoms with Gasteiger partial charge in [0.25, 0.3) is 5.91 Å². The van der Waals surface area contributed by atoms with E-state index in [9.17, 15) is 4.79 Å². The zero-order valence-electron chi connectivity index (χ0n) is 14.3. The Balaban J connectivity index is 1.75. The van der Waals surface area contributed by atoms with E-state index in [0.29, 0.717) is 6.54 Å². The van der Waals surface area contributed by atoms with Crippen molar-refractivity contribution in [2.24, 2.45) is 7.05 Å². The molecular weight excluding hydrogens is 300 g/mol. The van der Waals surface area contributed by atoms with Gasteiger partial charge in [0.1, 0.15) is 5.75 Å². The van der Waals surface area contributed by atoms with Crippen molar-refractivity contribution in [1.29, 1.82) is 0 Å². The molecule has 3 aromatic rings. The second kappa shape index (κ2) is 6.79. The van der Waals surface area contributed by atoms with Gasteiger partial charge in [0, 0.05) is 30.2 Å². The van der Waals surface area contributed by atoms with Crippen LogP contribution in [0.2, 0.25) is 0 Å². The Hall–Kier alpha value is -2.75. The maximum atomic E-state index is 12.7. The summed E-state index contributed by atoms with van der Waals surface area (Å²) >= 11 is 0. The molecule has 124 valence electrons. The monoisotopic (exact) mass is 322 g/mol. The summed E-state index contributed by atoms with van der Waals surface area (Å²) in [5, 5.41) is 4.03. The van der Waals surface area contributed by atoms with Gasteiger partial charge >= 0.3 is 0 Å². The summed E-state index contributed by atoms with van der Waals surface area (Å²) in [5.41, 5.74) is 3.90. The van der Waals surface area contributed by atoms with Crippen molar-refractivity contribution in [3.63, 3.8) is 0 Å². The molecule has 0 aliphatic heterocycles. The molecule has 1 N–H and O–H groups in total. The van der Waals surface area contributed by atoms with Gasteiger partial charge in [-0.05, 0) is 31.0 Å². The molecule has 0 aliphatic carbocycles. The molecule has 4 nitrogen and oxygen atoms in total. The number of rotatable bonds is 5. The van der Waals surface area contributed by atoms with Gasteiger partial charge in [0.15, 0.2) is 0 Å². The summed E-state index contributed by atoms with van der Waals surface area (Å²) in [6.07, 6.45) is 0.736. The number of carbonyl (C=O) groups is 1. The van der Waals surface area contributed by atoms with Crippen LogP contribution in [0.1, 0.15) is 21.6 Å². The number of hydrogen-bond donors (Lipinski definition) is 1. The van der Waals surface area contributed by atoms with E-state index in [0.717, 1.165) is 39.9 Å². The highest BCUT2D eigenvalue weighted by Crippen LogP contribution is 2.24. The highest BCUT2D eigenvalue weighted by molar-refractivity contribution is 6.08. The third-order valence-electron chi connectivity index (χ3n) is 4.50. The van der Waals surface area contributed by atoms with E-state index in [1.807, 2.05) is 62.5 Å². The van der Waals surface area contributed by atoms with Crippen molar-refractivity contribution in [1.82, 2.24) is 9.88 Å². The molecule has 3 rings (SSSR count). The normalized spacial score (nSPS) is 10.8. The number of aryl methyl sites for hydroxylation is 1. The lowest BCUT2D eigenvalue weighted by Crippen LogP contribution is -2.26. The third-order valence-corrected chi connectivity index (χ3v) is 4.50. The molecule has 0 fully saturated rings. The molecule has 0 bridgehead atoms. The predicted molar refractivity (Wildman–Crippen MR) is 96.7 cm³/mol. The fourth-order valence-electron chi connectivity index (χ4n) is 3.12. The number of methoxy groups -OCH3 is 1. The first-order valence-electron chi connectivity index (χ1n) is 8.07. The number of nitrogens with one attached hydrogen (secondary N) is 1. The Labute approximate surface area is 142 Å². The first-order chi connectivity index (χ1) is 11.6. The third kappa shape index (κ3) is 2.87. The van der Waals surface area contributed by atoms with Crippen LogP contribution in [-0.4, -0.2) is 24.1 Å². The van der Waals surface area contributed by atoms with Crippen LogP contribution >= 0.6 is 0 Å². The minimum atomic E-state index is -0.0285. The quantitative estimate of drug-likeness (QED) is 0.781. The Morgan fingerprint density at radius 3 is 2.62 bits per heavy atom. The first-order valence-corrected chi connectivity index (χ1v) is 8.07. The molecule has 2 aromatic carbocycles. The van der Waals surface area contributed by atoms with Crippen LogP contribution < -0.4 is 10.1 Å². The predicted octanol–water partition coefficient (Wildman–Crippen LogP) is 3.47. The van der Waals surface area contributed by atoms with Crippen molar-refractivity contribution in [2.45, 2.75) is 13.3 Å². The maximum Gasteiger partial charge on any atom is 0.253 e. The van der Waals surface area contributed by atoms with Gasteiger partial charge in [-0.15, -0.1) is 0 Å². The lowest BCUT2D eigenvalue weighted by Gasteiger charge is -2.09. The molecule has 1 heterocycles. The number of benzene rings is 2. The van der Waals surface area contributed by atoms with Crippen LogP contribution in [0.25, 0.3) is 10.9 Å². The number of hydrogen-bond acceptors (Lipinski definition) is 2. The number of nitrogens with zero attached hydrogens (tertiary/aromatic N) is 1. The second-order valence-corrected chi connectivity index (χ2v) is 5.85. The van der Waals surface area contributed by atoms with Gasteiger partial charge in [-0.2, -0.15) is 0 Å². The van der Waals surface area contributed by atoms with Crippen LogP contribution in [0.3, 0.4) is 0 Å². The number of ether oxygens (including phenoxy) is 1. The minimum Gasteiger partial charge on any atom is -0.496 e. The van der Waals surface area contributed by atoms with Crippen molar-refractivity contribution < 1.29 is 9.53 Å². The fourth-order valence-corrected chi connectivity index (χ4v) is 3.12. The van der Waals surface area contributed by atoms with Gasteiger partial charge < -0.3 is 14.6 Å². The van der Waals surface area contributed by atoms with Crippen LogP contribution in [0.4, 0.5) is 0 Å². The van der Waals surface area contributed by atoms with Crippen molar-refractivity contribution in [3.8, 4) is 5.75 Å². The summed E-state index contributed by atoms with van der Waals surface area (Å²) < 4.78 is 7.41. The smallest absolute Gasteiger partial charge is 0.253 e. The number of carbonyl (C=O) groups excluding carboxylic acids is 1. The Kier molecular flexibility index (Phi) is 4.56. The molecular formula is C20H22N2O2. The van der Waals surface area contributed by atoms with Gasteiger partial charge in [-0.25, -0.2) is 0 Å². The summed E-state index contributed by atoms with van der Waals surface area (Å²) in [6, 6.07) is 15.9. The Morgan fingerprint density at radius 1 is 1.12 bits per heavy atom. The van der Waals surface area contributed by atoms with Gasteiger partial charge in [-0.3, -0.25) is 4.79 Å². The molecule has 0 aliphatic rings. The molecule has 0 radical (unpaired) electrons. The molecule has 1 amide bonds. The topological polar surface area (TPSA) is 43.3 Å². The van der Waals surface area contributed by atoms with E-state index in [-0.39, 0.29) is 5.91 Å². The number of para-hydroxylation sites is 2. The molecule has 0 atom stereocenters. The lowest BCUT2D eigenvalue weighted by molar-refractivity contribution is 0.0955. The van der Waals surface area contributed by atoms with E-state index in [4.69, 9.17) is 4.74 Å². The highest BCUT2D eigenvalue weighted by Gasteiger charge is 2.17. The largest absolute Gasteiger partial charge is 0.496 e. The van der Waals surface area contributed by atoms with E-state index in [1.54, 1.807) is 7.11 Å². The number of fused-ring (bicyclic) bond motifs is 1. The Morgan fingerprint density at radius 2 is 1.83 bits per heavy atom. The van der Waals surface area contributed by atoms with Crippen LogP contribution in [0.5, 0.6) is 5.75 Å².